The summed E-state index contributed by atoms with van der Waals surface area (Å²) in [5, 5.41) is 11.1. The van der Waals surface area contributed by atoms with E-state index >= 15 is 0 Å². The Morgan fingerprint density at radius 2 is 1.80 bits per heavy atom. The molecule has 0 aliphatic rings. The molecular formula is C21H20O4. The molecule has 4 heteroatoms. The maximum absolute atomic E-state index is 12.0. The van der Waals surface area contributed by atoms with Gasteiger partial charge in [0.15, 0.2) is 0 Å². The number of ether oxygens (including phenoxy) is 2. The fraction of sp³-hybridized carbons (Fsp3) is 0.190. The van der Waals surface area contributed by atoms with E-state index in [0.29, 0.717) is 24.3 Å². The summed E-state index contributed by atoms with van der Waals surface area (Å²) in [6.07, 6.45) is 0.462. The first-order valence-electron chi connectivity index (χ1n) is 8.14. The van der Waals surface area contributed by atoms with Crippen molar-refractivity contribution < 1.29 is 19.4 Å². The van der Waals surface area contributed by atoms with E-state index in [1.165, 1.54) is 7.11 Å². The Morgan fingerprint density at radius 1 is 1.00 bits per heavy atom. The van der Waals surface area contributed by atoms with Crippen molar-refractivity contribution in [2.45, 2.75) is 13.0 Å². The molecule has 4 nitrogen and oxygen atoms in total. The molecule has 0 bridgehead atoms. The van der Waals surface area contributed by atoms with Gasteiger partial charge in [0.05, 0.1) is 12.7 Å². The lowest BCUT2D eigenvalue weighted by atomic mass is 9.98. The highest BCUT2D eigenvalue weighted by atomic mass is 16.5. The van der Waals surface area contributed by atoms with Gasteiger partial charge in [0, 0.05) is 12.0 Å². The highest BCUT2D eigenvalue weighted by Gasteiger charge is 2.13. The van der Waals surface area contributed by atoms with E-state index in [1.54, 1.807) is 12.1 Å². The summed E-state index contributed by atoms with van der Waals surface area (Å²) < 4.78 is 10.8. The number of methoxy groups -OCH3 is 1. The van der Waals surface area contributed by atoms with Crippen molar-refractivity contribution in [2.24, 2.45) is 0 Å². The quantitative estimate of drug-likeness (QED) is 0.697. The van der Waals surface area contributed by atoms with Crippen LogP contribution in [-0.2, 0) is 17.8 Å². The molecule has 0 aliphatic carbocycles. The van der Waals surface area contributed by atoms with Crippen LogP contribution < -0.4 is 4.74 Å². The second kappa shape index (κ2) is 7.81. The van der Waals surface area contributed by atoms with Crippen molar-refractivity contribution in [3.63, 3.8) is 0 Å². The maximum Gasteiger partial charge on any atom is 0.337 e. The van der Waals surface area contributed by atoms with E-state index in [0.717, 1.165) is 21.9 Å². The lowest BCUT2D eigenvalue weighted by molar-refractivity contribution is 0.0600. The Hall–Kier alpha value is -2.85. The molecule has 0 amide bonds. The number of benzene rings is 3. The predicted octanol–water partition coefficient (Wildman–Crippen LogP) is 3.74. The number of aliphatic hydroxyl groups is 1. The predicted molar refractivity (Wildman–Crippen MR) is 96.9 cm³/mol. The number of hydrogen-bond acceptors (Lipinski definition) is 4. The molecule has 1 N–H and O–H groups in total. The third-order valence-electron chi connectivity index (χ3n) is 4.08. The maximum atomic E-state index is 12.0. The molecule has 0 fully saturated rings. The van der Waals surface area contributed by atoms with E-state index < -0.39 is 5.97 Å². The van der Waals surface area contributed by atoms with Gasteiger partial charge in [-0.1, -0.05) is 42.5 Å². The van der Waals surface area contributed by atoms with Gasteiger partial charge < -0.3 is 14.6 Å². The first-order chi connectivity index (χ1) is 12.2. The van der Waals surface area contributed by atoms with Gasteiger partial charge >= 0.3 is 5.97 Å². The van der Waals surface area contributed by atoms with Crippen LogP contribution in [0.2, 0.25) is 0 Å². The molecule has 25 heavy (non-hydrogen) atoms. The summed E-state index contributed by atoms with van der Waals surface area (Å²) in [4.78, 5) is 12.0. The molecule has 0 aromatic heterocycles. The van der Waals surface area contributed by atoms with Crippen LogP contribution in [0.3, 0.4) is 0 Å². The minimum atomic E-state index is -0.404. The monoisotopic (exact) mass is 336 g/mol. The first-order valence-corrected chi connectivity index (χ1v) is 8.14. The second-order valence-electron chi connectivity index (χ2n) is 5.73. The summed E-state index contributed by atoms with van der Waals surface area (Å²) in [5.41, 5.74) is 2.42. The van der Waals surface area contributed by atoms with Gasteiger partial charge in [-0.25, -0.2) is 4.79 Å². The number of carbonyl (C=O) groups is 1. The van der Waals surface area contributed by atoms with E-state index in [1.807, 2.05) is 48.5 Å². The van der Waals surface area contributed by atoms with E-state index in [2.05, 4.69) is 0 Å². The van der Waals surface area contributed by atoms with Crippen LogP contribution in [0.1, 0.15) is 21.5 Å². The molecule has 0 saturated carbocycles. The number of carbonyl (C=O) groups excluding carboxylic acids is 1. The van der Waals surface area contributed by atoms with Crippen LogP contribution in [0.5, 0.6) is 5.75 Å². The zero-order valence-corrected chi connectivity index (χ0v) is 14.1. The van der Waals surface area contributed by atoms with Crippen LogP contribution in [0.4, 0.5) is 0 Å². The number of hydrogen-bond donors (Lipinski definition) is 1. The van der Waals surface area contributed by atoms with Gasteiger partial charge in [-0.2, -0.15) is 0 Å². The van der Waals surface area contributed by atoms with E-state index in [4.69, 9.17) is 9.47 Å². The third kappa shape index (κ3) is 3.80. The zero-order chi connectivity index (χ0) is 17.6. The molecule has 0 heterocycles. The van der Waals surface area contributed by atoms with Crippen molar-refractivity contribution in [2.75, 3.05) is 13.7 Å². The van der Waals surface area contributed by atoms with Gasteiger partial charge in [-0.3, -0.25) is 0 Å². The molecule has 3 rings (SSSR count). The molecule has 0 aliphatic heterocycles. The Balaban J connectivity index is 2.03. The summed E-state index contributed by atoms with van der Waals surface area (Å²) in [6, 6.07) is 19.2. The number of fused-ring (bicyclic) bond motifs is 1. The van der Waals surface area contributed by atoms with E-state index in [9.17, 15) is 9.90 Å². The normalized spacial score (nSPS) is 10.6. The van der Waals surface area contributed by atoms with Crippen LogP contribution in [0.25, 0.3) is 10.8 Å². The summed E-state index contributed by atoms with van der Waals surface area (Å²) in [6.45, 7) is 0.451. The van der Waals surface area contributed by atoms with Crippen LogP contribution in [0, 0.1) is 0 Å². The minimum Gasteiger partial charge on any atom is -0.488 e. The SMILES string of the molecule is COC(=O)c1cc(CCO)c2cccc(OCc3ccccc3)c2c1. The average molecular weight is 336 g/mol. The third-order valence-corrected chi connectivity index (χ3v) is 4.08. The van der Waals surface area contributed by atoms with Crippen LogP contribution in [0.15, 0.2) is 60.7 Å². The van der Waals surface area contributed by atoms with Gasteiger partial charge in [0.2, 0.25) is 0 Å². The summed E-state index contributed by atoms with van der Waals surface area (Å²) in [7, 11) is 1.36. The Kier molecular flexibility index (Phi) is 5.31. The second-order valence-corrected chi connectivity index (χ2v) is 5.73. The number of rotatable bonds is 6. The molecular weight excluding hydrogens is 316 g/mol. The molecule has 0 spiro atoms. The molecule has 3 aromatic carbocycles. The highest BCUT2D eigenvalue weighted by molar-refractivity contribution is 5.99. The van der Waals surface area contributed by atoms with Crippen molar-refractivity contribution >= 4 is 16.7 Å². The lowest BCUT2D eigenvalue weighted by Gasteiger charge is -2.13. The number of esters is 1. The molecule has 128 valence electrons. The first kappa shape index (κ1) is 17.0. The van der Waals surface area contributed by atoms with Crippen LogP contribution in [-0.4, -0.2) is 24.8 Å². The van der Waals surface area contributed by atoms with Crippen molar-refractivity contribution in [3.8, 4) is 5.75 Å². The fourth-order valence-electron chi connectivity index (χ4n) is 2.86. The largest absolute Gasteiger partial charge is 0.488 e. The topological polar surface area (TPSA) is 55.8 Å². The van der Waals surface area contributed by atoms with Crippen molar-refractivity contribution in [1.82, 2.24) is 0 Å². The molecule has 3 aromatic rings. The van der Waals surface area contributed by atoms with Gasteiger partial charge in [-0.05, 0) is 41.1 Å². The van der Waals surface area contributed by atoms with Crippen molar-refractivity contribution in [1.29, 1.82) is 0 Å². The smallest absolute Gasteiger partial charge is 0.337 e. The Morgan fingerprint density at radius 3 is 2.52 bits per heavy atom. The summed E-state index contributed by atoms with van der Waals surface area (Å²) >= 11 is 0. The van der Waals surface area contributed by atoms with E-state index in [-0.39, 0.29) is 6.61 Å². The Bertz CT molecular complexity index is 872. The lowest BCUT2D eigenvalue weighted by Crippen LogP contribution is -2.04. The highest BCUT2D eigenvalue weighted by Crippen LogP contribution is 2.30. The zero-order valence-electron chi connectivity index (χ0n) is 14.1. The van der Waals surface area contributed by atoms with Gasteiger partial charge in [0.1, 0.15) is 12.4 Å². The van der Waals surface area contributed by atoms with Gasteiger partial charge in [0.25, 0.3) is 0 Å². The van der Waals surface area contributed by atoms with Crippen molar-refractivity contribution in [3.05, 3.63) is 77.4 Å². The van der Waals surface area contributed by atoms with Gasteiger partial charge in [-0.15, -0.1) is 0 Å². The van der Waals surface area contributed by atoms with Crippen LogP contribution >= 0.6 is 0 Å². The standard InChI is InChI=1S/C21H20O4/c1-24-21(23)17-12-16(10-11-22)18-8-5-9-20(19(18)13-17)25-14-15-6-3-2-4-7-15/h2-9,12-13,22H,10-11,14H2,1H3. The number of aliphatic hydroxyl groups excluding tert-OH is 1. The molecule has 0 radical (unpaired) electrons. The molecule has 0 atom stereocenters. The molecule has 0 unspecified atom stereocenters. The summed E-state index contributed by atoms with van der Waals surface area (Å²) in [5.74, 6) is 0.297. The minimum absolute atomic E-state index is 0.00876. The fourth-order valence-corrected chi connectivity index (χ4v) is 2.86. The molecule has 0 saturated heterocycles. The Labute approximate surface area is 146 Å². The average Bonchev–Trinajstić information content (AvgIpc) is 2.66.